The van der Waals surface area contributed by atoms with Crippen molar-refractivity contribution in [3.8, 4) is 0 Å². The summed E-state index contributed by atoms with van der Waals surface area (Å²) in [5.41, 5.74) is 0.888. The molecule has 1 aromatic rings. The molecule has 3 aliphatic rings. The van der Waals surface area contributed by atoms with Crippen LogP contribution in [0.4, 0.5) is 0 Å². The van der Waals surface area contributed by atoms with E-state index in [0.29, 0.717) is 6.61 Å². The third-order valence-electron chi connectivity index (χ3n) is 5.34. The molecule has 3 N–H and O–H groups in total. The largest absolute Gasteiger partial charge is 0.373 e. The molecule has 3 fully saturated rings. The van der Waals surface area contributed by atoms with E-state index in [-0.39, 0.29) is 21.8 Å². The summed E-state index contributed by atoms with van der Waals surface area (Å²) in [6.45, 7) is 4.32. The van der Waals surface area contributed by atoms with E-state index in [4.69, 9.17) is 9.29 Å². The van der Waals surface area contributed by atoms with Gasteiger partial charge >= 0.3 is 0 Å². The van der Waals surface area contributed by atoms with Gasteiger partial charge in [0.05, 0.1) is 22.4 Å². The lowest BCUT2D eigenvalue weighted by Gasteiger charge is -2.32. The van der Waals surface area contributed by atoms with Crippen LogP contribution in [0.25, 0.3) is 0 Å². The Morgan fingerprint density at radius 3 is 2.25 bits per heavy atom. The van der Waals surface area contributed by atoms with E-state index < -0.39 is 20.1 Å². The van der Waals surface area contributed by atoms with Gasteiger partial charge in [0.1, 0.15) is 0 Å². The first-order valence-corrected chi connectivity index (χ1v) is 12.5. The van der Waals surface area contributed by atoms with Crippen molar-refractivity contribution in [3.63, 3.8) is 0 Å². The van der Waals surface area contributed by atoms with Crippen LogP contribution >= 0.6 is 0 Å². The highest BCUT2D eigenvalue weighted by Crippen LogP contribution is 2.35. The normalized spacial score (nSPS) is 24.6. The molecule has 1 aliphatic carbocycles. The molecule has 0 aromatic heterocycles. The molecular weight excluding hydrogens is 404 g/mol. The molecule has 1 saturated carbocycles. The molecule has 8 nitrogen and oxygen atoms in total. The molecule has 28 heavy (non-hydrogen) atoms. The minimum Gasteiger partial charge on any atom is -0.373 e. The van der Waals surface area contributed by atoms with Gasteiger partial charge < -0.3 is 10.1 Å². The standard InChI is InChI=1S/C11H20N2O3S.C7H8O3S/c14-17(15,10-1-2-10)13-9-7-11(16-8-9)3-5-12-6-4-11;1-6-2-4-7(5-3-6)11(8,9)10/h9-10,12-13H,1-8H2;2-5H,1H3,(H,8,9,10)/t9-;/m1./s1. The fourth-order valence-electron chi connectivity index (χ4n) is 3.57. The Kier molecular flexibility index (Phi) is 6.48. The average molecular weight is 433 g/mol. The van der Waals surface area contributed by atoms with Crippen LogP contribution in [-0.2, 0) is 24.9 Å². The minimum absolute atomic E-state index is 0.0151. The maximum Gasteiger partial charge on any atom is 0.294 e. The van der Waals surface area contributed by atoms with Crippen LogP contribution in [0.5, 0.6) is 0 Å². The first-order valence-electron chi connectivity index (χ1n) is 9.50. The zero-order chi connectivity index (χ0) is 20.4. The van der Waals surface area contributed by atoms with Crippen molar-refractivity contribution >= 4 is 20.1 Å². The topological polar surface area (TPSA) is 122 Å². The Morgan fingerprint density at radius 2 is 1.71 bits per heavy atom. The van der Waals surface area contributed by atoms with Crippen LogP contribution < -0.4 is 10.0 Å². The summed E-state index contributed by atoms with van der Waals surface area (Å²) in [4.78, 5) is -0.0666. The Morgan fingerprint density at radius 1 is 1.11 bits per heavy atom. The van der Waals surface area contributed by atoms with Crippen LogP contribution in [0, 0.1) is 6.92 Å². The number of hydrogen-bond acceptors (Lipinski definition) is 6. The predicted octanol–water partition coefficient (Wildman–Crippen LogP) is 1.22. The molecule has 1 atom stereocenters. The SMILES string of the molecule is Cc1ccc(S(=O)(=O)O)cc1.O=S(=O)(N[C@H]1COC2(CCNCC2)C1)C1CC1. The molecule has 0 amide bonds. The number of aryl methyl sites for hydroxylation is 1. The highest BCUT2D eigenvalue weighted by Gasteiger charge is 2.44. The zero-order valence-electron chi connectivity index (χ0n) is 15.9. The summed E-state index contributed by atoms with van der Waals surface area (Å²) in [6, 6.07) is 5.97. The van der Waals surface area contributed by atoms with Crippen molar-refractivity contribution in [2.75, 3.05) is 19.7 Å². The van der Waals surface area contributed by atoms with Crippen molar-refractivity contribution < 1.29 is 26.1 Å². The maximum absolute atomic E-state index is 11.8. The van der Waals surface area contributed by atoms with Crippen molar-refractivity contribution in [1.82, 2.24) is 10.0 Å². The van der Waals surface area contributed by atoms with Gasteiger partial charge in [0.25, 0.3) is 10.1 Å². The Balaban J connectivity index is 0.000000178. The smallest absolute Gasteiger partial charge is 0.294 e. The van der Waals surface area contributed by atoms with Gasteiger partial charge in [-0.2, -0.15) is 8.42 Å². The minimum atomic E-state index is -4.02. The molecule has 2 aliphatic heterocycles. The fourth-order valence-corrected chi connectivity index (χ4v) is 5.61. The second-order valence-corrected chi connectivity index (χ2v) is 11.2. The van der Waals surface area contributed by atoms with Crippen LogP contribution in [0.2, 0.25) is 0 Å². The predicted molar refractivity (Wildman–Crippen MR) is 105 cm³/mol. The highest BCUT2D eigenvalue weighted by atomic mass is 32.2. The van der Waals surface area contributed by atoms with Gasteiger partial charge in [-0.1, -0.05) is 17.7 Å². The third-order valence-corrected chi connectivity index (χ3v) is 8.22. The van der Waals surface area contributed by atoms with E-state index in [1.807, 2.05) is 6.92 Å². The van der Waals surface area contributed by atoms with E-state index in [9.17, 15) is 16.8 Å². The second kappa shape index (κ2) is 8.37. The van der Waals surface area contributed by atoms with E-state index in [1.165, 1.54) is 12.1 Å². The third kappa shape index (κ3) is 5.74. The monoisotopic (exact) mass is 432 g/mol. The van der Waals surface area contributed by atoms with Gasteiger partial charge in [-0.05, 0) is 64.3 Å². The summed E-state index contributed by atoms with van der Waals surface area (Å²) in [6.07, 6.45) is 4.46. The number of nitrogens with one attached hydrogen (secondary N) is 2. The summed E-state index contributed by atoms with van der Waals surface area (Å²) in [5.74, 6) is 0. The van der Waals surface area contributed by atoms with Gasteiger partial charge in [-0.25, -0.2) is 13.1 Å². The van der Waals surface area contributed by atoms with Crippen LogP contribution in [0.3, 0.4) is 0 Å². The average Bonchev–Trinajstić information content (AvgIpc) is 3.42. The molecule has 1 spiro atoms. The van der Waals surface area contributed by atoms with E-state index >= 15 is 0 Å². The number of sulfonamides is 1. The van der Waals surface area contributed by atoms with E-state index in [2.05, 4.69) is 10.0 Å². The van der Waals surface area contributed by atoms with Crippen LogP contribution in [0.1, 0.15) is 37.7 Å². The number of hydrogen-bond donors (Lipinski definition) is 3. The fraction of sp³-hybridized carbons (Fsp3) is 0.667. The van der Waals surface area contributed by atoms with Crippen LogP contribution in [-0.4, -0.2) is 58.0 Å². The highest BCUT2D eigenvalue weighted by molar-refractivity contribution is 7.90. The van der Waals surface area contributed by atoms with Gasteiger partial charge in [0.15, 0.2) is 0 Å². The molecule has 10 heteroatoms. The molecule has 0 unspecified atom stereocenters. The molecule has 4 rings (SSSR count). The van der Waals surface area contributed by atoms with Crippen molar-refractivity contribution in [2.24, 2.45) is 0 Å². The summed E-state index contributed by atoms with van der Waals surface area (Å²) in [7, 11) is -7.09. The van der Waals surface area contributed by atoms with Crippen molar-refractivity contribution in [2.45, 2.75) is 60.8 Å². The lowest BCUT2D eigenvalue weighted by molar-refractivity contribution is -0.0193. The van der Waals surface area contributed by atoms with Gasteiger partial charge in [0, 0.05) is 6.04 Å². The maximum atomic E-state index is 11.8. The first-order chi connectivity index (χ1) is 13.1. The number of rotatable bonds is 4. The molecular formula is C18H28N2O6S2. The summed E-state index contributed by atoms with van der Waals surface area (Å²) in [5, 5.41) is 3.18. The first kappa shape index (κ1) is 21.7. The molecule has 0 bridgehead atoms. The van der Waals surface area contributed by atoms with Crippen LogP contribution in [0.15, 0.2) is 29.2 Å². The lowest BCUT2D eigenvalue weighted by Crippen LogP contribution is -2.43. The summed E-state index contributed by atoms with van der Waals surface area (Å²) < 4.78 is 61.9. The van der Waals surface area contributed by atoms with E-state index in [1.54, 1.807) is 12.1 Å². The summed E-state index contributed by atoms with van der Waals surface area (Å²) >= 11 is 0. The van der Waals surface area contributed by atoms with Crippen molar-refractivity contribution in [3.05, 3.63) is 29.8 Å². The number of ether oxygens (including phenoxy) is 1. The quantitative estimate of drug-likeness (QED) is 0.612. The van der Waals surface area contributed by atoms with Gasteiger partial charge in [0.2, 0.25) is 10.0 Å². The second-order valence-electron chi connectivity index (χ2n) is 7.80. The zero-order valence-corrected chi connectivity index (χ0v) is 17.6. The Hall–Kier alpha value is -1.04. The number of piperidine rings is 1. The lowest BCUT2D eigenvalue weighted by atomic mass is 9.88. The Labute approximate surface area is 166 Å². The van der Waals surface area contributed by atoms with Crippen molar-refractivity contribution in [1.29, 1.82) is 0 Å². The van der Waals surface area contributed by atoms with E-state index in [0.717, 1.165) is 50.8 Å². The van der Waals surface area contributed by atoms with Gasteiger partial charge in [-0.3, -0.25) is 4.55 Å². The molecule has 2 heterocycles. The van der Waals surface area contributed by atoms with Gasteiger partial charge in [-0.15, -0.1) is 0 Å². The Bertz CT molecular complexity index is 873. The number of benzene rings is 1. The molecule has 2 saturated heterocycles. The molecule has 1 aromatic carbocycles. The molecule has 0 radical (unpaired) electrons. The molecule has 158 valence electrons.